The van der Waals surface area contributed by atoms with Gasteiger partial charge in [-0.25, -0.2) is 9.78 Å². The van der Waals surface area contributed by atoms with Crippen LogP contribution in [0.4, 0.5) is 0 Å². The van der Waals surface area contributed by atoms with Crippen molar-refractivity contribution >= 4 is 10.2 Å². The molecule has 0 radical (unpaired) electrons. The summed E-state index contributed by atoms with van der Waals surface area (Å²) >= 11 is 0. The van der Waals surface area contributed by atoms with Crippen molar-refractivity contribution in [3.63, 3.8) is 0 Å². The minimum atomic E-state index is 0.338. The molecule has 1 heterocycles. The van der Waals surface area contributed by atoms with Gasteiger partial charge in [0.1, 0.15) is 6.10 Å². The third-order valence-electron chi connectivity index (χ3n) is 1.44. The van der Waals surface area contributed by atoms with Gasteiger partial charge in [-0.2, -0.15) is 0 Å². The summed E-state index contributed by atoms with van der Waals surface area (Å²) in [5.41, 5.74) is 0. The normalized spacial score (nSPS) is 20.8. The highest BCUT2D eigenvalue weighted by atomic mass is 28.1. The lowest BCUT2D eigenvalue weighted by Crippen LogP contribution is -2.06. The molecule has 0 saturated carbocycles. The minimum absolute atomic E-state index is 0.338. The Kier molecular flexibility index (Phi) is 6.33. The first-order valence-corrected chi connectivity index (χ1v) is 5.95. The van der Waals surface area contributed by atoms with Crippen molar-refractivity contribution in [2.24, 2.45) is 0 Å². The summed E-state index contributed by atoms with van der Waals surface area (Å²) < 4.78 is 10.2. The Balaban J connectivity index is 1.63. The molecule has 1 aliphatic rings. The summed E-state index contributed by atoms with van der Waals surface area (Å²) in [6.45, 7) is 2.70. The summed E-state index contributed by atoms with van der Waals surface area (Å²) in [6, 6.07) is 0. The number of epoxide rings is 1. The number of hydrogen-bond acceptors (Lipinski definition) is 5. The Bertz CT molecular complexity index is 119. The lowest BCUT2D eigenvalue weighted by molar-refractivity contribution is -0.506. The summed E-state index contributed by atoms with van der Waals surface area (Å²) in [6.07, 6.45) is 1.76. The lowest BCUT2D eigenvalue weighted by atomic mass is 10.5. The van der Waals surface area contributed by atoms with Crippen molar-refractivity contribution in [2.45, 2.75) is 12.5 Å². The lowest BCUT2D eigenvalue weighted by Gasteiger charge is -2.02. The second-order valence-corrected chi connectivity index (χ2v) is 3.26. The van der Waals surface area contributed by atoms with Crippen LogP contribution in [0.3, 0.4) is 0 Å². The van der Waals surface area contributed by atoms with Crippen molar-refractivity contribution in [3.8, 4) is 0 Å². The average Bonchev–Trinajstić information content (AvgIpc) is 2.93. The molecule has 1 rings (SSSR count). The molecule has 1 unspecified atom stereocenters. The molecule has 1 fully saturated rings. The van der Waals surface area contributed by atoms with Crippen LogP contribution in [0.15, 0.2) is 0 Å². The van der Waals surface area contributed by atoms with Crippen LogP contribution in [-0.2, 0) is 24.3 Å². The van der Waals surface area contributed by atoms with Crippen molar-refractivity contribution in [1.82, 2.24) is 0 Å². The van der Waals surface area contributed by atoms with E-state index in [2.05, 4.69) is 14.8 Å². The van der Waals surface area contributed by atoms with Crippen molar-refractivity contribution in [1.29, 1.82) is 0 Å². The second kappa shape index (κ2) is 7.42. The molecule has 0 spiro atoms. The summed E-state index contributed by atoms with van der Waals surface area (Å²) in [5.74, 6) is 0. The van der Waals surface area contributed by atoms with Crippen LogP contribution in [0.1, 0.15) is 6.42 Å². The van der Waals surface area contributed by atoms with Gasteiger partial charge < -0.3 is 9.47 Å². The van der Waals surface area contributed by atoms with E-state index in [-0.39, 0.29) is 0 Å². The highest BCUT2D eigenvalue weighted by Crippen LogP contribution is 2.08. The molecular weight excluding hydrogens is 192 g/mol. The third kappa shape index (κ3) is 7.12. The second-order valence-electron chi connectivity index (χ2n) is 2.68. The fraction of sp³-hybridized carbons (Fsp3) is 1.00. The molecule has 0 bridgehead atoms. The van der Waals surface area contributed by atoms with Crippen LogP contribution in [0, 0.1) is 0 Å². The van der Waals surface area contributed by atoms with E-state index in [4.69, 9.17) is 9.47 Å². The fourth-order valence-electron chi connectivity index (χ4n) is 0.715. The predicted octanol–water partition coefficient (Wildman–Crippen LogP) is -1.01. The monoisotopic (exact) mass is 208 g/mol. The van der Waals surface area contributed by atoms with Gasteiger partial charge in [-0.15, -0.1) is 0 Å². The highest BCUT2D eigenvalue weighted by molar-refractivity contribution is 6.08. The molecule has 0 aromatic rings. The zero-order valence-corrected chi connectivity index (χ0v) is 9.86. The van der Waals surface area contributed by atoms with Crippen molar-refractivity contribution in [3.05, 3.63) is 0 Å². The maximum atomic E-state index is 5.27. The average molecular weight is 208 g/mol. The van der Waals surface area contributed by atoms with Gasteiger partial charge in [0.05, 0.1) is 26.1 Å². The molecule has 6 heteroatoms. The third-order valence-corrected chi connectivity index (χ3v) is 1.67. The van der Waals surface area contributed by atoms with E-state index < -0.39 is 0 Å². The first-order chi connectivity index (χ1) is 6.43. The molecule has 0 amide bonds. The highest BCUT2D eigenvalue weighted by Gasteiger charge is 2.21. The molecule has 0 aliphatic carbocycles. The maximum absolute atomic E-state index is 5.27. The number of rotatable bonds is 9. The molecule has 0 aromatic heterocycles. The quantitative estimate of drug-likeness (QED) is 0.160. The van der Waals surface area contributed by atoms with Gasteiger partial charge in [0, 0.05) is 16.8 Å². The predicted molar refractivity (Wildman–Crippen MR) is 48.1 cm³/mol. The van der Waals surface area contributed by atoms with E-state index in [0.717, 1.165) is 23.3 Å². The first-order valence-electron chi connectivity index (χ1n) is 4.54. The van der Waals surface area contributed by atoms with E-state index in [1.54, 1.807) is 0 Å². The molecule has 13 heavy (non-hydrogen) atoms. The van der Waals surface area contributed by atoms with E-state index in [0.29, 0.717) is 32.2 Å². The zero-order valence-electron chi connectivity index (χ0n) is 7.86. The minimum Gasteiger partial charge on any atom is -0.379 e. The zero-order chi connectivity index (χ0) is 9.36. The standard InChI is InChI=1S/C7H16O5Si/c13-6-11-12-10-3-1-2-8-4-7-5-9-7/h7H,1-6H2,13H3. The Morgan fingerprint density at radius 1 is 1.31 bits per heavy atom. The van der Waals surface area contributed by atoms with E-state index >= 15 is 0 Å². The van der Waals surface area contributed by atoms with Gasteiger partial charge in [-0.1, -0.05) is 5.04 Å². The smallest absolute Gasteiger partial charge is 0.104 e. The first kappa shape index (κ1) is 11.1. The molecule has 1 atom stereocenters. The van der Waals surface area contributed by atoms with Gasteiger partial charge >= 0.3 is 0 Å². The SMILES string of the molecule is [SiH3]COOOCCCOCC1CO1. The van der Waals surface area contributed by atoms with Gasteiger partial charge in [0.25, 0.3) is 0 Å². The molecule has 0 aromatic carbocycles. The van der Waals surface area contributed by atoms with E-state index in [9.17, 15) is 0 Å². The van der Waals surface area contributed by atoms with Gasteiger partial charge in [0.2, 0.25) is 0 Å². The largest absolute Gasteiger partial charge is 0.379 e. The van der Waals surface area contributed by atoms with Crippen LogP contribution in [0.5, 0.6) is 0 Å². The molecular formula is C7H16O5Si. The van der Waals surface area contributed by atoms with Crippen LogP contribution >= 0.6 is 0 Å². The van der Waals surface area contributed by atoms with Crippen molar-refractivity contribution in [2.75, 3.05) is 32.7 Å². The Hall–Kier alpha value is 0.0169. The fourth-order valence-corrected chi connectivity index (χ4v) is 0.811. The van der Waals surface area contributed by atoms with Crippen LogP contribution < -0.4 is 0 Å². The molecule has 0 N–H and O–H groups in total. The summed E-state index contributed by atoms with van der Waals surface area (Å²) in [7, 11) is 0.948. The topological polar surface area (TPSA) is 49.5 Å². The molecule has 5 nitrogen and oxygen atoms in total. The molecule has 78 valence electrons. The summed E-state index contributed by atoms with van der Waals surface area (Å²) in [4.78, 5) is 9.25. The number of hydrogen-bond donors (Lipinski definition) is 0. The maximum Gasteiger partial charge on any atom is 0.104 e. The van der Waals surface area contributed by atoms with Gasteiger partial charge in [0.15, 0.2) is 0 Å². The Morgan fingerprint density at radius 2 is 2.15 bits per heavy atom. The van der Waals surface area contributed by atoms with Crippen LogP contribution in [-0.4, -0.2) is 49.0 Å². The van der Waals surface area contributed by atoms with E-state index in [1.165, 1.54) is 0 Å². The molecule has 1 aliphatic heterocycles. The van der Waals surface area contributed by atoms with Crippen molar-refractivity contribution < 1.29 is 24.3 Å². The van der Waals surface area contributed by atoms with Gasteiger partial charge in [-0.05, 0) is 6.42 Å². The molecule has 1 saturated heterocycles. The number of ether oxygens (including phenoxy) is 2. The Labute approximate surface area is 80.5 Å². The van der Waals surface area contributed by atoms with E-state index in [1.807, 2.05) is 0 Å². The van der Waals surface area contributed by atoms with Crippen LogP contribution in [0.2, 0.25) is 0 Å². The van der Waals surface area contributed by atoms with Gasteiger partial charge in [-0.3, -0.25) is 0 Å². The Morgan fingerprint density at radius 3 is 2.85 bits per heavy atom. The van der Waals surface area contributed by atoms with Crippen LogP contribution in [0.25, 0.3) is 0 Å². The summed E-state index contributed by atoms with van der Waals surface area (Å²) in [5, 5.41) is 4.38.